The number of halogens is 3. The van der Waals surface area contributed by atoms with Gasteiger partial charge in [0.05, 0.1) is 11.3 Å². The number of hydrogen-bond donors (Lipinski definition) is 0. The Bertz CT molecular complexity index is 1150. The number of aldehydes is 1. The molecule has 1 unspecified atom stereocenters. The first kappa shape index (κ1) is 20.5. The maximum atomic E-state index is 13.3. The number of rotatable bonds is 6. The predicted octanol–water partition coefficient (Wildman–Crippen LogP) is 4.49. The van der Waals surface area contributed by atoms with Gasteiger partial charge in [-0.25, -0.2) is 12.4 Å². The highest BCUT2D eigenvalue weighted by molar-refractivity contribution is 7.90. The number of benzene rings is 1. The van der Waals surface area contributed by atoms with Crippen molar-refractivity contribution in [2.75, 3.05) is 0 Å². The van der Waals surface area contributed by atoms with Crippen molar-refractivity contribution in [3.8, 4) is 11.3 Å². The zero-order valence-electron chi connectivity index (χ0n) is 14.9. The Morgan fingerprint density at radius 1 is 1.10 bits per heavy atom. The van der Waals surface area contributed by atoms with Crippen molar-refractivity contribution in [2.24, 2.45) is 0 Å². The first-order valence-corrected chi connectivity index (χ1v) is 9.81. The number of carbonyl (C=O) groups is 1. The Balaban J connectivity index is 2.17. The molecule has 2 heterocycles. The first-order valence-electron chi connectivity index (χ1n) is 8.30. The molecule has 0 amide bonds. The second-order valence-corrected chi connectivity index (χ2v) is 8.08. The number of nitrogens with zero attached hydrogens (tertiary/aromatic N) is 2. The van der Waals surface area contributed by atoms with Crippen LogP contribution in [-0.4, -0.2) is 23.7 Å². The van der Waals surface area contributed by atoms with Crippen molar-refractivity contribution in [1.29, 1.82) is 0 Å². The van der Waals surface area contributed by atoms with Crippen molar-refractivity contribution in [3.05, 3.63) is 90.4 Å². The highest BCUT2D eigenvalue weighted by Gasteiger charge is 2.34. The van der Waals surface area contributed by atoms with E-state index in [-0.39, 0.29) is 16.8 Å². The molecule has 3 rings (SSSR count). The number of aromatic nitrogens is 2. The van der Waals surface area contributed by atoms with Crippen LogP contribution in [0.5, 0.6) is 0 Å². The highest BCUT2D eigenvalue weighted by atomic mass is 32.2. The fraction of sp³-hybridized carbons (Fsp3) is 0.100. The summed E-state index contributed by atoms with van der Waals surface area (Å²) in [5.41, 5.74) is -0.414. The summed E-state index contributed by atoms with van der Waals surface area (Å²) in [5.74, 6) is 0. The lowest BCUT2D eigenvalue weighted by molar-refractivity contribution is -0.137. The normalized spacial score (nSPS) is 13.1. The third-order valence-corrected chi connectivity index (χ3v) is 6.19. The van der Waals surface area contributed by atoms with Gasteiger partial charge in [-0.15, -0.1) is 6.58 Å². The van der Waals surface area contributed by atoms with Crippen molar-refractivity contribution in [3.63, 3.8) is 0 Å². The van der Waals surface area contributed by atoms with E-state index < -0.39 is 27.0 Å². The largest absolute Gasteiger partial charge is 0.417 e. The summed E-state index contributed by atoms with van der Waals surface area (Å²) in [7, 11) is -4.30. The van der Waals surface area contributed by atoms with Gasteiger partial charge in [-0.2, -0.15) is 13.2 Å². The minimum Gasteiger partial charge on any atom is -0.298 e. The molecule has 3 aromatic rings. The van der Waals surface area contributed by atoms with Gasteiger partial charge in [-0.1, -0.05) is 36.4 Å². The fourth-order valence-corrected chi connectivity index (χ4v) is 4.54. The van der Waals surface area contributed by atoms with Gasteiger partial charge >= 0.3 is 6.18 Å². The van der Waals surface area contributed by atoms with Crippen LogP contribution < -0.4 is 0 Å². The van der Waals surface area contributed by atoms with E-state index in [0.29, 0.717) is 18.0 Å². The third kappa shape index (κ3) is 4.00. The van der Waals surface area contributed by atoms with E-state index in [1.807, 2.05) is 0 Å². The van der Waals surface area contributed by atoms with E-state index in [2.05, 4.69) is 11.6 Å². The zero-order valence-corrected chi connectivity index (χ0v) is 15.7. The van der Waals surface area contributed by atoms with Crippen LogP contribution in [0.2, 0.25) is 0 Å². The molecule has 1 aromatic carbocycles. The highest BCUT2D eigenvalue weighted by Crippen LogP contribution is 2.34. The summed E-state index contributed by atoms with van der Waals surface area (Å²) in [4.78, 5) is 14.8. The molecule has 1 atom stereocenters. The van der Waals surface area contributed by atoms with E-state index >= 15 is 0 Å². The van der Waals surface area contributed by atoms with Gasteiger partial charge in [0.1, 0.15) is 5.25 Å². The second-order valence-electron chi connectivity index (χ2n) is 6.14. The zero-order chi connectivity index (χ0) is 21.2. The number of carbonyl (C=O) groups excluding carboxylic acids is 1. The Labute approximate surface area is 165 Å². The van der Waals surface area contributed by atoms with Gasteiger partial charge in [-0.05, 0) is 23.3 Å². The lowest BCUT2D eigenvalue weighted by Gasteiger charge is -2.18. The molecule has 150 valence electrons. The lowest BCUT2D eigenvalue weighted by Crippen LogP contribution is -2.21. The van der Waals surface area contributed by atoms with Crippen LogP contribution in [0.4, 0.5) is 13.2 Å². The monoisotopic (exact) mass is 420 g/mol. The summed E-state index contributed by atoms with van der Waals surface area (Å²) in [6, 6.07) is 10.6. The Hall–Kier alpha value is -3.20. The molecular formula is C20H15F3N2O3S. The van der Waals surface area contributed by atoms with E-state index in [4.69, 9.17) is 0 Å². The van der Waals surface area contributed by atoms with Crippen LogP contribution in [0.15, 0.2) is 73.7 Å². The van der Waals surface area contributed by atoms with Gasteiger partial charge in [0, 0.05) is 24.2 Å². The Kier molecular flexibility index (Phi) is 5.43. The molecule has 0 aliphatic heterocycles. The molecule has 0 saturated heterocycles. The molecule has 29 heavy (non-hydrogen) atoms. The molecule has 0 spiro atoms. The summed E-state index contributed by atoms with van der Waals surface area (Å²) >= 11 is 0. The molecule has 0 aliphatic rings. The number of hydrogen-bond acceptors (Lipinski definition) is 4. The molecule has 0 radical (unpaired) electrons. The van der Waals surface area contributed by atoms with Gasteiger partial charge < -0.3 is 0 Å². The number of alkyl halides is 3. The Morgan fingerprint density at radius 2 is 1.79 bits per heavy atom. The first-order chi connectivity index (χ1) is 13.7. The summed E-state index contributed by atoms with van der Waals surface area (Å²) in [6.45, 7) is 3.48. The maximum Gasteiger partial charge on any atom is 0.417 e. The van der Waals surface area contributed by atoms with Crippen molar-refractivity contribution >= 4 is 16.3 Å². The topological polar surface area (TPSA) is 69.0 Å². The smallest absolute Gasteiger partial charge is 0.298 e. The molecule has 2 aromatic heterocycles. The van der Waals surface area contributed by atoms with Crippen LogP contribution in [0.1, 0.15) is 26.7 Å². The maximum absolute atomic E-state index is 13.3. The van der Waals surface area contributed by atoms with Gasteiger partial charge in [0.2, 0.25) is 10.0 Å². The summed E-state index contributed by atoms with van der Waals surface area (Å²) in [6.07, 6.45) is -0.361. The van der Waals surface area contributed by atoms with Gasteiger partial charge in [0.15, 0.2) is 6.29 Å². The van der Waals surface area contributed by atoms with E-state index in [1.54, 1.807) is 30.3 Å². The fourth-order valence-electron chi connectivity index (χ4n) is 2.88. The molecule has 0 N–H and O–H groups in total. The van der Waals surface area contributed by atoms with Crippen LogP contribution >= 0.6 is 0 Å². The van der Waals surface area contributed by atoms with Crippen molar-refractivity contribution in [2.45, 2.75) is 11.4 Å². The standard InChI is InChI=1S/C20H15F3N2O3S/c1-2-19(16-9-17(11-24-10-16)20(21,22)23)29(27,28)25-12-14(13-26)8-18(25)15-6-4-3-5-7-15/h2-13,19H,1H2. The molecule has 0 saturated carbocycles. The minimum atomic E-state index is -4.67. The summed E-state index contributed by atoms with van der Waals surface area (Å²) in [5, 5.41) is -1.51. The third-order valence-electron chi connectivity index (χ3n) is 4.24. The molecular weight excluding hydrogens is 405 g/mol. The number of pyridine rings is 1. The quantitative estimate of drug-likeness (QED) is 0.435. The van der Waals surface area contributed by atoms with Gasteiger partial charge in [-0.3, -0.25) is 9.78 Å². The molecule has 5 nitrogen and oxygen atoms in total. The average molecular weight is 420 g/mol. The van der Waals surface area contributed by atoms with E-state index in [1.165, 1.54) is 6.07 Å². The average Bonchev–Trinajstić information content (AvgIpc) is 3.14. The van der Waals surface area contributed by atoms with Crippen LogP contribution in [0, 0.1) is 0 Å². The van der Waals surface area contributed by atoms with Crippen molar-refractivity contribution in [1.82, 2.24) is 8.96 Å². The Morgan fingerprint density at radius 3 is 2.38 bits per heavy atom. The van der Waals surface area contributed by atoms with E-state index in [9.17, 15) is 26.4 Å². The summed E-state index contributed by atoms with van der Waals surface area (Å²) < 4.78 is 66.6. The van der Waals surface area contributed by atoms with Crippen LogP contribution in [-0.2, 0) is 16.2 Å². The van der Waals surface area contributed by atoms with Crippen LogP contribution in [0.25, 0.3) is 11.3 Å². The van der Waals surface area contributed by atoms with Crippen molar-refractivity contribution < 1.29 is 26.4 Å². The lowest BCUT2D eigenvalue weighted by atomic mass is 10.1. The minimum absolute atomic E-state index is 0.109. The van der Waals surface area contributed by atoms with E-state index in [0.717, 1.165) is 28.5 Å². The second kappa shape index (κ2) is 7.67. The molecule has 0 fully saturated rings. The molecule has 9 heteroatoms. The van der Waals surface area contributed by atoms with Gasteiger partial charge in [0.25, 0.3) is 0 Å². The molecule has 0 bridgehead atoms. The van der Waals surface area contributed by atoms with Crippen LogP contribution in [0.3, 0.4) is 0 Å². The molecule has 0 aliphatic carbocycles. The predicted molar refractivity (Wildman–Crippen MR) is 102 cm³/mol. The SMILES string of the molecule is C=CC(c1cncc(C(F)(F)F)c1)S(=O)(=O)n1cc(C=O)cc1-c1ccccc1.